The highest BCUT2D eigenvalue weighted by Crippen LogP contribution is 2.41. The number of piperidine rings is 1. The molecule has 11 heteroatoms. The second kappa shape index (κ2) is 7.84. The molecule has 0 radical (unpaired) electrons. The lowest BCUT2D eigenvalue weighted by Gasteiger charge is -2.37. The number of nitrogens with one attached hydrogen (secondary N) is 4. The maximum absolute atomic E-state index is 13.3. The van der Waals surface area contributed by atoms with Crippen LogP contribution in [0.2, 0.25) is 5.02 Å². The van der Waals surface area contributed by atoms with Gasteiger partial charge in [-0.3, -0.25) is 0 Å². The fourth-order valence-corrected chi connectivity index (χ4v) is 4.46. The summed E-state index contributed by atoms with van der Waals surface area (Å²) < 4.78 is 39.9. The number of halogens is 4. The van der Waals surface area contributed by atoms with Crippen molar-refractivity contribution in [1.29, 1.82) is 0 Å². The molecule has 1 aliphatic carbocycles. The lowest BCUT2D eigenvalue weighted by Crippen LogP contribution is -2.51. The smallest absolute Gasteiger partial charge is 0.349 e. The van der Waals surface area contributed by atoms with Crippen LogP contribution in [0.15, 0.2) is 24.4 Å². The molecule has 3 heterocycles. The van der Waals surface area contributed by atoms with Crippen LogP contribution in [0.3, 0.4) is 0 Å². The van der Waals surface area contributed by atoms with Gasteiger partial charge in [0, 0.05) is 22.3 Å². The number of fused-ring (bicyclic) bond motifs is 1. The van der Waals surface area contributed by atoms with Crippen LogP contribution in [0.5, 0.6) is 0 Å². The number of alkyl halides is 3. The molecule has 7 nitrogen and oxygen atoms in total. The summed E-state index contributed by atoms with van der Waals surface area (Å²) in [6, 6.07) is 3.66. The molecule has 1 aromatic carbocycles. The second-order valence-corrected chi connectivity index (χ2v) is 9.36. The normalized spacial score (nSPS) is 22.3. The molecule has 1 saturated heterocycles. The minimum Gasteiger partial charge on any atom is -0.349 e. The molecule has 2 fully saturated rings. The van der Waals surface area contributed by atoms with Gasteiger partial charge in [0.15, 0.2) is 12.1 Å². The van der Waals surface area contributed by atoms with Crippen LogP contribution in [-0.4, -0.2) is 40.9 Å². The number of rotatable bonds is 5. The molecule has 3 aliphatic rings. The molecule has 5 rings (SSSR count). The molecule has 172 valence electrons. The maximum atomic E-state index is 13.3. The zero-order valence-electron chi connectivity index (χ0n) is 17.6. The van der Waals surface area contributed by atoms with E-state index >= 15 is 0 Å². The Balaban J connectivity index is 1.45. The molecule has 4 N–H and O–H groups in total. The van der Waals surface area contributed by atoms with Gasteiger partial charge < -0.3 is 26.2 Å². The van der Waals surface area contributed by atoms with Gasteiger partial charge in [-0.2, -0.15) is 18.2 Å². The first kappa shape index (κ1) is 21.4. The molecule has 1 aromatic heterocycles. The summed E-state index contributed by atoms with van der Waals surface area (Å²) in [4.78, 5) is 11.3. The van der Waals surface area contributed by atoms with E-state index in [2.05, 4.69) is 38.1 Å². The Morgan fingerprint density at radius 1 is 1.19 bits per heavy atom. The quantitative estimate of drug-likeness (QED) is 0.516. The van der Waals surface area contributed by atoms with Crippen LogP contribution >= 0.6 is 11.6 Å². The number of anilines is 4. The van der Waals surface area contributed by atoms with E-state index in [1.807, 2.05) is 0 Å². The Kier molecular flexibility index (Phi) is 5.24. The van der Waals surface area contributed by atoms with Crippen molar-refractivity contribution in [3.63, 3.8) is 0 Å². The lowest BCUT2D eigenvalue weighted by molar-refractivity contribution is -0.137. The predicted octanol–water partition coefficient (Wildman–Crippen LogP) is 4.49. The summed E-state index contributed by atoms with van der Waals surface area (Å²) in [5.74, 6) is 1.31. The summed E-state index contributed by atoms with van der Waals surface area (Å²) in [6.07, 6.45) is 0.709. The summed E-state index contributed by atoms with van der Waals surface area (Å²) in [7, 11) is 0. The largest absolute Gasteiger partial charge is 0.416 e. The van der Waals surface area contributed by atoms with Gasteiger partial charge in [0.05, 0.1) is 17.4 Å². The standard InChI is InChI=1S/C21H25ClF3N7/c1-20(4-5-20)31-18-27-11-16-17(30-18)32(15-2-6-26-7-3-15)19(29-16)28-14-9-12(21(23,24)25)8-13(22)10-14/h8-11,15,19,26,28-29H,2-7H2,1H3,(H,27,30,31). The minimum atomic E-state index is -4.48. The van der Waals surface area contributed by atoms with Crippen LogP contribution in [0.1, 0.15) is 38.2 Å². The van der Waals surface area contributed by atoms with Crippen molar-refractivity contribution in [3.05, 3.63) is 35.0 Å². The molecule has 32 heavy (non-hydrogen) atoms. The van der Waals surface area contributed by atoms with Crippen LogP contribution < -0.4 is 26.2 Å². The third kappa shape index (κ3) is 4.38. The van der Waals surface area contributed by atoms with Crippen molar-refractivity contribution < 1.29 is 13.2 Å². The van der Waals surface area contributed by atoms with Crippen molar-refractivity contribution in [3.8, 4) is 0 Å². The van der Waals surface area contributed by atoms with Gasteiger partial charge >= 0.3 is 6.18 Å². The first-order valence-corrected chi connectivity index (χ1v) is 11.1. The highest BCUT2D eigenvalue weighted by Gasteiger charge is 2.40. The van der Waals surface area contributed by atoms with E-state index in [4.69, 9.17) is 16.6 Å². The van der Waals surface area contributed by atoms with Gasteiger partial charge in [0.2, 0.25) is 5.95 Å². The van der Waals surface area contributed by atoms with Crippen LogP contribution in [0.4, 0.5) is 36.3 Å². The van der Waals surface area contributed by atoms with Crippen LogP contribution in [0.25, 0.3) is 0 Å². The first-order chi connectivity index (χ1) is 15.2. The molecule has 0 spiro atoms. The van der Waals surface area contributed by atoms with Crippen molar-refractivity contribution in [1.82, 2.24) is 15.3 Å². The summed E-state index contributed by atoms with van der Waals surface area (Å²) in [6.45, 7) is 3.87. The molecule has 1 unspecified atom stereocenters. The van der Waals surface area contributed by atoms with Gasteiger partial charge in [-0.15, -0.1) is 0 Å². The number of aromatic nitrogens is 2. The summed E-state index contributed by atoms with van der Waals surface area (Å²) >= 11 is 5.99. The highest BCUT2D eigenvalue weighted by molar-refractivity contribution is 6.31. The fourth-order valence-electron chi connectivity index (χ4n) is 4.22. The fraction of sp³-hybridized carbons (Fsp3) is 0.524. The third-order valence-corrected chi connectivity index (χ3v) is 6.45. The van der Waals surface area contributed by atoms with Gasteiger partial charge in [-0.1, -0.05) is 11.6 Å². The van der Waals surface area contributed by atoms with E-state index in [0.29, 0.717) is 5.95 Å². The van der Waals surface area contributed by atoms with Gasteiger partial charge in [0.25, 0.3) is 0 Å². The summed E-state index contributed by atoms with van der Waals surface area (Å²) in [5, 5.41) is 13.3. The molecule has 2 aromatic rings. The topological polar surface area (TPSA) is 77.1 Å². The average molecular weight is 468 g/mol. The predicted molar refractivity (Wildman–Crippen MR) is 119 cm³/mol. The molecule has 1 atom stereocenters. The van der Waals surface area contributed by atoms with E-state index in [1.54, 1.807) is 6.20 Å². The highest BCUT2D eigenvalue weighted by atomic mass is 35.5. The van der Waals surface area contributed by atoms with E-state index in [0.717, 1.165) is 62.4 Å². The Labute approximate surface area is 189 Å². The zero-order chi connectivity index (χ0) is 22.5. The van der Waals surface area contributed by atoms with Gasteiger partial charge in [-0.25, -0.2) is 4.98 Å². The Morgan fingerprint density at radius 3 is 2.62 bits per heavy atom. The van der Waals surface area contributed by atoms with Gasteiger partial charge in [0.1, 0.15) is 0 Å². The van der Waals surface area contributed by atoms with E-state index < -0.39 is 18.0 Å². The van der Waals surface area contributed by atoms with Gasteiger partial charge in [-0.05, 0) is 63.9 Å². The Morgan fingerprint density at radius 2 is 1.94 bits per heavy atom. The lowest BCUT2D eigenvalue weighted by atomic mass is 10.1. The molecule has 0 bridgehead atoms. The van der Waals surface area contributed by atoms with Crippen molar-refractivity contribution >= 4 is 34.7 Å². The average Bonchev–Trinajstić information content (AvgIpc) is 3.35. The minimum absolute atomic E-state index is 0.0233. The molecular weight excluding hydrogens is 443 g/mol. The Bertz CT molecular complexity index is 1010. The van der Waals surface area contributed by atoms with E-state index in [-0.39, 0.29) is 22.3 Å². The van der Waals surface area contributed by atoms with Crippen LogP contribution in [0, 0.1) is 0 Å². The zero-order valence-corrected chi connectivity index (χ0v) is 18.3. The molecule has 0 amide bonds. The molecular formula is C21H25ClF3N7. The van der Waals surface area contributed by atoms with Crippen molar-refractivity contribution in [2.75, 3.05) is 33.9 Å². The number of nitrogens with zero attached hydrogens (tertiary/aromatic N) is 3. The second-order valence-electron chi connectivity index (χ2n) is 8.92. The van der Waals surface area contributed by atoms with Crippen molar-refractivity contribution in [2.24, 2.45) is 0 Å². The summed E-state index contributed by atoms with van der Waals surface area (Å²) in [5.41, 5.74) is 0.267. The molecule has 1 saturated carbocycles. The molecule has 2 aliphatic heterocycles. The van der Waals surface area contributed by atoms with E-state index in [1.165, 1.54) is 6.07 Å². The monoisotopic (exact) mass is 467 g/mol. The first-order valence-electron chi connectivity index (χ1n) is 10.8. The number of hydrogen-bond acceptors (Lipinski definition) is 7. The number of hydrogen-bond donors (Lipinski definition) is 4. The number of benzene rings is 1. The van der Waals surface area contributed by atoms with Crippen molar-refractivity contribution in [2.45, 2.75) is 56.7 Å². The Hall–Kier alpha value is -2.46. The van der Waals surface area contributed by atoms with Crippen LogP contribution in [-0.2, 0) is 6.18 Å². The third-order valence-electron chi connectivity index (χ3n) is 6.23. The maximum Gasteiger partial charge on any atom is 0.416 e. The van der Waals surface area contributed by atoms with E-state index in [9.17, 15) is 13.2 Å². The SMILES string of the molecule is CC1(Nc2ncc3c(n2)N(C2CCNCC2)C(Nc2cc(Cl)cc(C(F)(F)F)c2)N3)CC1.